The monoisotopic (exact) mass is 507 g/mol. The van der Waals surface area contributed by atoms with E-state index in [9.17, 15) is 13.2 Å². The Kier molecular flexibility index (Phi) is 8.61. The summed E-state index contributed by atoms with van der Waals surface area (Å²) in [6.45, 7) is 3.14. The molecule has 3 aromatic rings. The van der Waals surface area contributed by atoms with Crippen LogP contribution < -0.4 is 14.4 Å². The molecule has 0 radical (unpaired) electrons. The summed E-state index contributed by atoms with van der Waals surface area (Å²) < 4.78 is 33.2. The van der Waals surface area contributed by atoms with Crippen LogP contribution in [0.2, 0.25) is 0 Å². The number of anilines is 1. The van der Waals surface area contributed by atoms with Gasteiger partial charge in [0.05, 0.1) is 17.7 Å². The van der Waals surface area contributed by atoms with Crippen LogP contribution in [0.15, 0.2) is 83.8 Å². The van der Waals surface area contributed by atoms with Gasteiger partial charge in [0, 0.05) is 13.1 Å². The van der Waals surface area contributed by atoms with Crippen LogP contribution in [0, 0.1) is 0 Å². The lowest BCUT2D eigenvalue weighted by atomic mass is 10.1. The van der Waals surface area contributed by atoms with Gasteiger partial charge in [0.15, 0.2) is 0 Å². The lowest BCUT2D eigenvalue weighted by molar-refractivity contribution is -0.119. The molecule has 0 aromatic heterocycles. The number of ether oxygens (including phenoxy) is 1. The second-order valence-corrected chi connectivity index (χ2v) is 10.8. The summed E-state index contributed by atoms with van der Waals surface area (Å²) in [6, 6.07) is 22.9. The number of carbonyl (C=O) groups is 1. The minimum atomic E-state index is -3.95. The highest BCUT2D eigenvalue weighted by atomic mass is 32.2. The van der Waals surface area contributed by atoms with Crippen molar-refractivity contribution in [1.82, 2.24) is 10.2 Å². The molecule has 36 heavy (non-hydrogen) atoms. The fourth-order valence-electron chi connectivity index (χ4n) is 4.38. The number of hydrogen-bond acceptors (Lipinski definition) is 5. The third-order valence-electron chi connectivity index (χ3n) is 6.31. The summed E-state index contributed by atoms with van der Waals surface area (Å²) in [4.78, 5) is 15.5. The molecule has 1 aliphatic heterocycles. The second-order valence-electron chi connectivity index (χ2n) is 8.96. The van der Waals surface area contributed by atoms with Crippen LogP contribution in [-0.4, -0.2) is 46.0 Å². The average Bonchev–Trinajstić information content (AvgIpc) is 2.92. The van der Waals surface area contributed by atoms with Crippen molar-refractivity contribution < 1.29 is 17.9 Å². The first-order valence-corrected chi connectivity index (χ1v) is 13.7. The summed E-state index contributed by atoms with van der Waals surface area (Å²) in [7, 11) is -2.40. The van der Waals surface area contributed by atoms with E-state index in [4.69, 9.17) is 4.74 Å². The third-order valence-corrected chi connectivity index (χ3v) is 8.10. The summed E-state index contributed by atoms with van der Waals surface area (Å²) in [5.74, 6) is 0.219. The normalized spacial score (nSPS) is 14.2. The molecule has 0 saturated carbocycles. The summed E-state index contributed by atoms with van der Waals surface area (Å²) in [5.41, 5.74) is 2.59. The maximum atomic E-state index is 13.4. The predicted molar refractivity (Wildman–Crippen MR) is 141 cm³/mol. The van der Waals surface area contributed by atoms with E-state index < -0.39 is 10.0 Å². The Balaban J connectivity index is 1.46. The average molecular weight is 508 g/mol. The number of piperidine rings is 1. The SMILES string of the molecule is COc1ccc(N(CC(=O)NCc2cccc(CN3CCCCC3)c2)S(=O)(=O)c2ccccc2)cc1. The van der Waals surface area contributed by atoms with E-state index in [1.54, 1.807) is 49.6 Å². The maximum absolute atomic E-state index is 13.4. The molecule has 1 fully saturated rings. The van der Waals surface area contributed by atoms with E-state index in [1.165, 1.54) is 37.0 Å². The molecule has 8 heteroatoms. The number of carbonyl (C=O) groups excluding carboxylic acids is 1. The Morgan fingerprint density at radius 3 is 2.31 bits per heavy atom. The van der Waals surface area contributed by atoms with E-state index in [-0.39, 0.29) is 17.3 Å². The molecule has 0 unspecified atom stereocenters. The molecule has 1 aliphatic rings. The first kappa shape index (κ1) is 25.7. The van der Waals surface area contributed by atoms with Crippen LogP contribution >= 0.6 is 0 Å². The van der Waals surface area contributed by atoms with E-state index in [0.29, 0.717) is 18.0 Å². The predicted octanol–water partition coefficient (Wildman–Crippen LogP) is 4.19. The zero-order valence-corrected chi connectivity index (χ0v) is 21.4. The smallest absolute Gasteiger partial charge is 0.264 e. The summed E-state index contributed by atoms with van der Waals surface area (Å²) in [6.07, 6.45) is 3.79. The van der Waals surface area contributed by atoms with E-state index >= 15 is 0 Å². The highest BCUT2D eigenvalue weighted by Gasteiger charge is 2.27. The van der Waals surface area contributed by atoms with Gasteiger partial charge in [0.25, 0.3) is 10.0 Å². The molecule has 1 N–H and O–H groups in total. The molecule has 7 nitrogen and oxygen atoms in total. The first-order chi connectivity index (χ1) is 17.5. The molecule has 190 valence electrons. The number of amides is 1. The summed E-state index contributed by atoms with van der Waals surface area (Å²) >= 11 is 0. The lowest BCUT2D eigenvalue weighted by Gasteiger charge is -2.26. The van der Waals surface area contributed by atoms with Gasteiger partial charge in [-0.3, -0.25) is 14.0 Å². The second kappa shape index (κ2) is 12.1. The van der Waals surface area contributed by atoms with Gasteiger partial charge in [-0.2, -0.15) is 0 Å². The van der Waals surface area contributed by atoms with Gasteiger partial charge in [-0.15, -0.1) is 0 Å². The van der Waals surface area contributed by atoms with Crippen molar-refractivity contribution in [3.63, 3.8) is 0 Å². The van der Waals surface area contributed by atoms with Crippen LogP contribution in [0.25, 0.3) is 0 Å². The zero-order chi connectivity index (χ0) is 25.4. The fourth-order valence-corrected chi connectivity index (χ4v) is 5.83. The van der Waals surface area contributed by atoms with Crippen molar-refractivity contribution in [2.45, 2.75) is 37.2 Å². The molecule has 0 spiro atoms. The Bertz CT molecular complexity index is 1240. The van der Waals surface area contributed by atoms with Crippen molar-refractivity contribution >= 4 is 21.6 Å². The summed E-state index contributed by atoms with van der Waals surface area (Å²) in [5, 5.41) is 2.89. The Morgan fingerprint density at radius 1 is 0.917 bits per heavy atom. The molecular formula is C28H33N3O4S. The van der Waals surface area contributed by atoms with E-state index in [2.05, 4.69) is 22.3 Å². The quantitative estimate of drug-likeness (QED) is 0.445. The Morgan fingerprint density at radius 2 is 1.61 bits per heavy atom. The van der Waals surface area contributed by atoms with Gasteiger partial charge < -0.3 is 10.1 Å². The topological polar surface area (TPSA) is 79.0 Å². The standard InChI is InChI=1S/C28H33N3O4S/c1-35-26-15-13-25(14-16-26)31(36(33,34)27-11-4-2-5-12-27)22-28(32)29-20-23-9-8-10-24(19-23)21-30-17-6-3-7-18-30/h2,4-5,8-16,19H,3,6-7,17-18,20-22H2,1H3,(H,29,32). The van der Waals surface area contributed by atoms with Crippen LogP contribution in [-0.2, 0) is 27.9 Å². The molecule has 4 rings (SSSR count). The van der Waals surface area contributed by atoms with Crippen molar-refractivity contribution in [3.05, 3.63) is 90.0 Å². The first-order valence-electron chi connectivity index (χ1n) is 12.2. The largest absolute Gasteiger partial charge is 0.497 e. The molecule has 0 aliphatic carbocycles. The van der Waals surface area contributed by atoms with Crippen molar-refractivity contribution in [1.29, 1.82) is 0 Å². The Labute approximate surface area is 213 Å². The number of rotatable bonds is 10. The Hall–Kier alpha value is -3.36. The fraction of sp³-hybridized carbons (Fsp3) is 0.321. The van der Waals surface area contributed by atoms with Crippen LogP contribution in [0.5, 0.6) is 5.75 Å². The molecular weight excluding hydrogens is 474 g/mol. The van der Waals surface area contributed by atoms with Crippen molar-refractivity contribution in [2.24, 2.45) is 0 Å². The van der Waals surface area contributed by atoms with E-state index in [1.807, 2.05) is 12.1 Å². The van der Waals surface area contributed by atoms with Crippen LogP contribution in [0.4, 0.5) is 5.69 Å². The van der Waals surface area contributed by atoms with Crippen molar-refractivity contribution in [3.8, 4) is 5.75 Å². The zero-order valence-electron chi connectivity index (χ0n) is 20.6. The minimum Gasteiger partial charge on any atom is -0.497 e. The molecule has 1 saturated heterocycles. The maximum Gasteiger partial charge on any atom is 0.264 e. The number of likely N-dealkylation sites (tertiary alicyclic amines) is 1. The number of sulfonamides is 1. The minimum absolute atomic E-state index is 0.124. The van der Waals surface area contributed by atoms with Crippen molar-refractivity contribution in [2.75, 3.05) is 31.0 Å². The van der Waals surface area contributed by atoms with Gasteiger partial charge in [0.1, 0.15) is 12.3 Å². The molecule has 1 amide bonds. The highest BCUT2D eigenvalue weighted by Crippen LogP contribution is 2.25. The number of benzene rings is 3. The van der Waals surface area contributed by atoms with Crippen LogP contribution in [0.3, 0.4) is 0 Å². The molecule has 3 aromatic carbocycles. The van der Waals surface area contributed by atoms with Gasteiger partial charge in [0.2, 0.25) is 5.91 Å². The van der Waals surface area contributed by atoms with Gasteiger partial charge in [-0.05, 0) is 73.5 Å². The van der Waals surface area contributed by atoms with Crippen LogP contribution in [0.1, 0.15) is 30.4 Å². The van der Waals surface area contributed by atoms with Gasteiger partial charge in [-0.25, -0.2) is 8.42 Å². The molecule has 1 heterocycles. The number of nitrogens with zero attached hydrogens (tertiary/aromatic N) is 2. The molecule has 0 bridgehead atoms. The van der Waals surface area contributed by atoms with E-state index in [0.717, 1.165) is 29.5 Å². The number of nitrogens with one attached hydrogen (secondary N) is 1. The van der Waals surface area contributed by atoms with Gasteiger partial charge >= 0.3 is 0 Å². The molecule has 0 atom stereocenters. The highest BCUT2D eigenvalue weighted by molar-refractivity contribution is 7.92. The number of methoxy groups -OCH3 is 1. The third kappa shape index (κ3) is 6.65. The number of hydrogen-bond donors (Lipinski definition) is 1. The lowest BCUT2D eigenvalue weighted by Crippen LogP contribution is -2.40. The van der Waals surface area contributed by atoms with Gasteiger partial charge in [-0.1, -0.05) is 48.9 Å².